The topological polar surface area (TPSA) is 101 Å². The first-order chi connectivity index (χ1) is 18.1. The number of ketones is 1. The van der Waals surface area contributed by atoms with Crippen LogP contribution in [0.3, 0.4) is 0 Å². The Morgan fingerprint density at radius 2 is 1.63 bits per heavy atom. The average molecular weight is 524 g/mol. The Hall–Kier alpha value is -4.27. The van der Waals surface area contributed by atoms with Gasteiger partial charge in [0.2, 0.25) is 5.75 Å². The van der Waals surface area contributed by atoms with Crippen molar-refractivity contribution in [2.24, 2.45) is 5.92 Å². The van der Waals surface area contributed by atoms with E-state index in [9.17, 15) is 18.8 Å². The van der Waals surface area contributed by atoms with Gasteiger partial charge in [-0.1, -0.05) is 36.8 Å². The van der Waals surface area contributed by atoms with Crippen LogP contribution in [-0.4, -0.2) is 35.9 Å². The van der Waals surface area contributed by atoms with Crippen molar-refractivity contribution in [2.45, 2.75) is 46.3 Å². The monoisotopic (exact) mass is 523 g/mol. The Morgan fingerprint density at radius 3 is 2.24 bits per heavy atom. The second-order valence-electron chi connectivity index (χ2n) is 8.86. The Morgan fingerprint density at radius 1 is 0.974 bits per heavy atom. The van der Waals surface area contributed by atoms with E-state index in [0.717, 1.165) is 5.56 Å². The van der Waals surface area contributed by atoms with E-state index in [-0.39, 0.29) is 23.6 Å². The summed E-state index contributed by atoms with van der Waals surface area (Å²) in [7, 11) is 1.37. The van der Waals surface area contributed by atoms with Gasteiger partial charge in [-0.15, -0.1) is 0 Å². The van der Waals surface area contributed by atoms with E-state index in [1.54, 1.807) is 38.1 Å². The average Bonchev–Trinajstić information content (AvgIpc) is 2.88. The molecule has 0 N–H and O–H groups in total. The summed E-state index contributed by atoms with van der Waals surface area (Å²) in [4.78, 5) is 41.5. The molecule has 0 unspecified atom stereocenters. The molecule has 8 nitrogen and oxygen atoms in total. The maximum absolute atomic E-state index is 13.5. The molecule has 200 valence electrons. The van der Waals surface area contributed by atoms with E-state index in [1.807, 2.05) is 19.1 Å². The van der Waals surface area contributed by atoms with Crippen LogP contribution in [0.5, 0.6) is 17.2 Å². The van der Waals surface area contributed by atoms with Crippen LogP contribution >= 0.6 is 0 Å². The van der Waals surface area contributed by atoms with Gasteiger partial charge >= 0.3 is 11.9 Å². The van der Waals surface area contributed by atoms with Crippen molar-refractivity contribution in [1.82, 2.24) is 4.98 Å². The molecule has 0 aliphatic carbocycles. The van der Waals surface area contributed by atoms with E-state index in [0.29, 0.717) is 11.3 Å². The van der Waals surface area contributed by atoms with Gasteiger partial charge in [-0.25, -0.2) is 9.37 Å². The summed E-state index contributed by atoms with van der Waals surface area (Å²) in [6.07, 6.45) is -0.418. The lowest BCUT2D eigenvalue weighted by molar-refractivity contribution is -0.157. The molecule has 9 heteroatoms. The Labute approximate surface area is 220 Å². The van der Waals surface area contributed by atoms with Crippen LogP contribution in [0, 0.1) is 18.7 Å². The van der Waals surface area contributed by atoms with Crippen LogP contribution in [0.25, 0.3) is 0 Å². The second kappa shape index (κ2) is 12.8. The van der Waals surface area contributed by atoms with Gasteiger partial charge in [0, 0.05) is 25.6 Å². The first-order valence-corrected chi connectivity index (χ1v) is 12.0. The van der Waals surface area contributed by atoms with Crippen molar-refractivity contribution in [3.8, 4) is 17.2 Å². The Balaban J connectivity index is 1.75. The molecule has 0 amide bonds. The SMILES string of the molecule is COc1ccnc(C(=O)C[C@@H](C)C(=O)O[C@@H](C)[C@H](Oc2ccc(C)cc2)c2ccc(F)cc2)c1OC(C)=O. The van der Waals surface area contributed by atoms with Gasteiger partial charge in [-0.3, -0.25) is 14.4 Å². The zero-order valence-corrected chi connectivity index (χ0v) is 21.9. The molecule has 0 fully saturated rings. The van der Waals surface area contributed by atoms with Crippen LogP contribution in [0.2, 0.25) is 0 Å². The van der Waals surface area contributed by atoms with Crippen molar-refractivity contribution in [3.63, 3.8) is 0 Å². The van der Waals surface area contributed by atoms with Crippen molar-refractivity contribution in [1.29, 1.82) is 0 Å². The predicted octanol–water partition coefficient (Wildman–Crippen LogP) is 5.42. The molecule has 0 radical (unpaired) electrons. The normalized spacial score (nSPS) is 13.1. The third kappa shape index (κ3) is 7.38. The van der Waals surface area contributed by atoms with Gasteiger partial charge in [-0.05, 0) is 43.7 Å². The van der Waals surface area contributed by atoms with E-state index >= 15 is 0 Å². The number of hydrogen-bond donors (Lipinski definition) is 0. The van der Waals surface area contributed by atoms with Crippen LogP contribution in [0.1, 0.15) is 54.9 Å². The summed E-state index contributed by atoms with van der Waals surface area (Å²) >= 11 is 0. The van der Waals surface area contributed by atoms with Crippen LogP contribution in [-0.2, 0) is 14.3 Å². The summed E-state index contributed by atoms with van der Waals surface area (Å²) in [5.74, 6) is -2.45. The molecular weight excluding hydrogens is 493 g/mol. The van der Waals surface area contributed by atoms with E-state index < -0.39 is 41.7 Å². The van der Waals surface area contributed by atoms with Gasteiger partial charge in [0.1, 0.15) is 17.7 Å². The number of pyridine rings is 1. The minimum atomic E-state index is -0.851. The largest absolute Gasteiger partial charge is 0.493 e. The van der Waals surface area contributed by atoms with Crippen molar-refractivity contribution < 1.29 is 37.7 Å². The van der Waals surface area contributed by atoms with E-state index in [1.165, 1.54) is 38.4 Å². The highest BCUT2D eigenvalue weighted by Gasteiger charge is 2.30. The number of Topliss-reactive ketones (excluding diaryl/α,β-unsaturated/α-hetero) is 1. The molecule has 0 saturated carbocycles. The quantitative estimate of drug-likeness (QED) is 0.242. The molecule has 0 aliphatic heterocycles. The van der Waals surface area contributed by atoms with Crippen LogP contribution < -0.4 is 14.2 Å². The molecule has 3 aromatic rings. The smallest absolute Gasteiger partial charge is 0.309 e. The van der Waals surface area contributed by atoms with Gasteiger partial charge in [-0.2, -0.15) is 0 Å². The van der Waals surface area contributed by atoms with Gasteiger partial charge in [0.25, 0.3) is 0 Å². The highest BCUT2D eigenvalue weighted by atomic mass is 19.1. The van der Waals surface area contributed by atoms with Crippen molar-refractivity contribution in [3.05, 3.63) is 83.4 Å². The number of carbonyl (C=O) groups excluding carboxylic acids is 3. The maximum Gasteiger partial charge on any atom is 0.309 e. The number of ether oxygens (including phenoxy) is 4. The molecule has 38 heavy (non-hydrogen) atoms. The number of esters is 2. The lowest BCUT2D eigenvalue weighted by Crippen LogP contribution is -2.30. The number of aromatic nitrogens is 1. The highest BCUT2D eigenvalue weighted by Crippen LogP contribution is 2.32. The molecular formula is C29H30FNO7. The molecule has 0 aliphatic rings. The summed E-state index contributed by atoms with van der Waals surface area (Å²) in [5.41, 5.74) is 1.54. The van der Waals surface area contributed by atoms with Crippen molar-refractivity contribution in [2.75, 3.05) is 7.11 Å². The lowest BCUT2D eigenvalue weighted by Gasteiger charge is -2.26. The predicted molar refractivity (Wildman–Crippen MR) is 137 cm³/mol. The number of benzene rings is 2. The number of aryl methyl sites for hydroxylation is 1. The van der Waals surface area contributed by atoms with E-state index in [2.05, 4.69) is 4.98 Å². The third-order valence-corrected chi connectivity index (χ3v) is 5.70. The van der Waals surface area contributed by atoms with Crippen molar-refractivity contribution >= 4 is 17.7 Å². The molecule has 3 rings (SSSR count). The maximum atomic E-state index is 13.5. The summed E-state index contributed by atoms with van der Waals surface area (Å²) in [6.45, 7) is 6.35. The van der Waals surface area contributed by atoms with Crippen LogP contribution in [0.4, 0.5) is 4.39 Å². The Kier molecular flexibility index (Phi) is 9.54. The number of rotatable bonds is 11. The van der Waals surface area contributed by atoms with E-state index in [4.69, 9.17) is 18.9 Å². The summed E-state index contributed by atoms with van der Waals surface area (Å²) < 4.78 is 35.7. The number of carbonyl (C=O) groups is 3. The first kappa shape index (κ1) is 28.3. The van der Waals surface area contributed by atoms with Gasteiger partial charge < -0.3 is 18.9 Å². The summed E-state index contributed by atoms with van der Waals surface area (Å²) in [6, 6.07) is 14.6. The standard InChI is InChI=1S/C29H30FNO7/c1-17-6-12-23(13-7-17)38-27(21-8-10-22(30)11-9-21)19(3)36-29(34)18(2)16-24(33)26-28(37-20(4)32)25(35-5)14-15-31-26/h6-15,18-19,27H,16H2,1-5H3/t18-,19+,27+/m1/s1. The molecule has 2 aromatic carbocycles. The minimum absolute atomic E-state index is 0.107. The first-order valence-electron chi connectivity index (χ1n) is 12.0. The molecule has 0 bridgehead atoms. The fourth-order valence-corrected chi connectivity index (χ4v) is 3.70. The number of halogens is 1. The Bertz CT molecular complexity index is 1280. The van der Waals surface area contributed by atoms with Crippen LogP contribution in [0.15, 0.2) is 60.8 Å². The number of methoxy groups -OCH3 is 1. The molecule has 0 spiro atoms. The highest BCUT2D eigenvalue weighted by molar-refractivity contribution is 5.99. The molecule has 0 saturated heterocycles. The molecule has 1 heterocycles. The summed E-state index contributed by atoms with van der Waals surface area (Å²) in [5, 5.41) is 0. The third-order valence-electron chi connectivity index (χ3n) is 5.70. The zero-order valence-electron chi connectivity index (χ0n) is 21.9. The van der Waals surface area contributed by atoms with Gasteiger partial charge in [0.05, 0.1) is 13.0 Å². The molecule has 3 atom stereocenters. The number of hydrogen-bond acceptors (Lipinski definition) is 8. The van der Waals surface area contributed by atoms with Gasteiger partial charge in [0.15, 0.2) is 23.3 Å². The fourth-order valence-electron chi connectivity index (χ4n) is 3.70. The lowest BCUT2D eigenvalue weighted by atomic mass is 10.0. The second-order valence-corrected chi connectivity index (χ2v) is 8.86. The molecule has 1 aromatic heterocycles. The fraction of sp³-hybridized carbons (Fsp3) is 0.310. The minimum Gasteiger partial charge on any atom is -0.493 e. The zero-order chi connectivity index (χ0) is 27.8. The number of nitrogens with zero attached hydrogens (tertiary/aromatic N) is 1.